The van der Waals surface area contributed by atoms with Crippen molar-refractivity contribution in [3.05, 3.63) is 39.2 Å². The number of halogens is 1. The zero-order valence-corrected chi connectivity index (χ0v) is 12.4. The van der Waals surface area contributed by atoms with Gasteiger partial charge in [-0.1, -0.05) is 18.2 Å². The van der Waals surface area contributed by atoms with E-state index in [9.17, 15) is 4.79 Å². The van der Waals surface area contributed by atoms with Crippen molar-refractivity contribution in [2.24, 2.45) is 0 Å². The van der Waals surface area contributed by atoms with Gasteiger partial charge in [-0.25, -0.2) is 4.79 Å². The number of carbonyl (C=O) groups is 1. The fraction of sp³-hybridized carbons (Fsp3) is 0.154. The number of carbonyl (C=O) groups excluding carboxylic acids is 1. The van der Waals surface area contributed by atoms with Crippen molar-refractivity contribution in [2.75, 3.05) is 12.8 Å². The van der Waals surface area contributed by atoms with Gasteiger partial charge in [-0.2, -0.15) is 0 Å². The number of aryl methyl sites for hydroxylation is 1. The maximum absolute atomic E-state index is 11.5. The average Bonchev–Trinajstić information content (AvgIpc) is 2.73. The number of hydrogen-bond acceptors (Lipinski definition) is 4. The van der Waals surface area contributed by atoms with Crippen molar-refractivity contribution in [3.63, 3.8) is 0 Å². The van der Waals surface area contributed by atoms with Crippen molar-refractivity contribution in [2.45, 2.75) is 6.92 Å². The summed E-state index contributed by atoms with van der Waals surface area (Å²) in [6, 6.07) is 7.79. The van der Waals surface area contributed by atoms with Gasteiger partial charge in [0.2, 0.25) is 0 Å². The van der Waals surface area contributed by atoms with E-state index in [0.29, 0.717) is 10.6 Å². The number of ether oxygens (including phenoxy) is 1. The molecule has 0 bridgehead atoms. The summed E-state index contributed by atoms with van der Waals surface area (Å²) >= 11 is 4.89. The molecule has 18 heavy (non-hydrogen) atoms. The molecule has 0 aliphatic heterocycles. The summed E-state index contributed by atoms with van der Waals surface area (Å²) < 4.78 is 5.72. The lowest BCUT2D eigenvalue weighted by Gasteiger charge is -2.04. The average molecular weight is 326 g/mol. The predicted molar refractivity (Wildman–Crippen MR) is 77.9 cm³/mol. The highest BCUT2D eigenvalue weighted by Crippen LogP contribution is 2.38. The number of anilines is 1. The van der Waals surface area contributed by atoms with Gasteiger partial charge in [-0.05, 0) is 34.5 Å². The highest BCUT2D eigenvalue weighted by molar-refractivity contribution is 9.10. The molecule has 1 aromatic carbocycles. The highest BCUT2D eigenvalue weighted by atomic mass is 79.9. The van der Waals surface area contributed by atoms with E-state index < -0.39 is 5.97 Å². The maximum atomic E-state index is 11.5. The Bertz CT molecular complexity index is 607. The van der Waals surface area contributed by atoms with E-state index in [4.69, 9.17) is 10.5 Å². The van der Waals surface area contributed by atoms with Crippen molar-refractivity contribution in [1.29, 1.82) is 0 Å². The molecular formula is C13H12BrNO2S. The van der Waals surface area contributed by atoms with Crippen molar-refractivity contribution in [1.82, 2.24) is 0 Å². The van der Waals surface area contributed by atoms with Crippen LogP contribution in [0.2, 0.25) is 0 Å². The lowest BCUT2D eigenvalue weighted by Crippen LogP contribution is -2.00. The van der Waals surface area contributed by atoms with Gasteiger partial charge in [0, 0.05) is 14.9 Å². The SMILES string of the molecule is COC(=O)c1sc(-c2cccc(C)c2Br)cc1N. The molecule has 3 nitrogen and oxygen atoms in total. The zero-order chi connectivity index (χ0) is 13.3. The van der Waals surface area contributed by atoms with Crippen LogP contribution < -0.4 is 5.73 Å². The molecule has 0 amide bonds. The first-order valence-corrected chi connectivity index (χ1v) is 6.88. The van der Waals surface area contributed by atoms with Gasteiger partial charge in [0.05, 0.1) is 12.8 Å². The molecule has 2 N–H and O–H groups in total. The molecule has 94 valence electrons. The molecule has 1 aromatic heterocycles. The Morgan fingerprint density at radius 2 is 2.17 bits per heavy atom. The smallest absolute Gasteiger partial charge is 0.350 e. The second-order valence-corrected chi connectivity index (χ2v) is 5.67. The molecular weight excluding hydrogens is 314 g/mol. The minimum absolute atomic E-state index is 0.396. The maximum Gasteiger partial charge on any atom is 0.350 e. The number of rotatable bonds is 2. The van der Waals surface area contributed by atoms with Crippen LogP contribution in [0.4, 0.5) is 5.69 Å². The molecule has 0 unspecified atom stereocenters. The van der Waals surface area contributed by atoms with Crippen LogP contribution in [0.1, 0.15) is 15.2 Å². The van der Waals surface area contributed by atoms with E-state index in [0.717, 1.165) is 20.5 Å². The van der Waals surface area contributed by atoms with E-state index in [-0.39, 0.29) is 0 Å². The first kappa shape index (κ1) is 13.1. The molecule has 0 atom stereocenters. The third-order valence-electron chi connectivity index (χ3n) is 2.59. The van der Waals surface area contributed by atoms with Crippen LogP contribution in [0.3, 0.4) is 0 Å². The van der Waals surface area contributed by atoms with Gasteiger partial charge < -0.3 is 10.5 Å². The van der Waals surface area contributed by atoms with Crippen LogP contribution >= 0.6 is 27.3 Å². The van der Waals surface area contributed by atoms with Gasteiger partial charge in [0.25, 0.3) is 0 Å². The summed E-state index contributed by atoms with van der Waals surface area (Å²) in [6.45, 7) is 2.02. The van der Waals surface area contributed by atoms with E-state index in [1.54, 1.807) is 6.07 Å². The fourth-order valence-electron chi connectivity index (χ4n) is 1.63. The minimum Gasteiger partial charge on any atom is -0.465 e. The van der Waals surface area contributed by atoms with Crippen molar-refractivity contribution in [3.8, 4) is 10.4 Å². The van der Waals surface area contributed by atoms with Crippen LogP contribution in [-0.4, -0.2) is 13.1 Å². The summed E-state index contributed by atoms with van der Waals surface area (Å²) in [5.74, 6) is -0.396. The van der Waals surface area contributed by atoms with Gasteiger partial charge in [-0.3, -0.25) is 0 Å². The van der Waals surface area contributed by atoms with Gasteiger partial charge >= 0.3 is 5.97 Å². The molecule has 1 heterocycles. The topological polar surface area (TPSA) is 52.3 Å². The Kier molecular flexibility index (Phi) is 3.73. The number of thiophene rings is 1. The molecule has 2 rings (SSSR count). The second kappa shape index (κ2) is 5.12. The van der Waals surface area contributed by atoms with Crippen molar-refractivity contribution >= 4 is 38.9 Å². The number of nitrogens with two attached hydrogens (primary N) is 1. The van der Waals surface area contributed by atoms with Crippen LogP contribution in [0.15, 0.2) is 28.7 Å². The Hall–Kier alpha value is -1.33. The van der Waals surface area contributed by atoms with Gasteiger partial charge in [-0.15, -0.1) is 11.3 Å². The molecule has 0 spiro atoms. The summed E-state index contributed by atoms with van der Waals surface area (Å²) in [4.78, 5) is 12.9. The van der Waals surface area contributed by atoms with Crippen LogP contribution in [0.25, 0.3) is 10.4 Å². The summed E-state index contributed by atoms with van der Waals surface area (Å²) in [5.41, 5.74) is 8.46. The molecule has 0 fully saturated rings. The highest BCUT2D eigenvalue weighted by Gasteiger charge is 2.17. The number of nitrogen functional groups attached to an aromatic ring is 1. The third kappa shape index (κ3) is 2.28. The summed E-state index contributed by atoms with van der Waals surface area (Å²) in [6.07, 6.45) is 0. The Morgan fingerprint density at radius 1 is 1.44 bits per heavy atom. The molecule has 2 aromatic rings. The molecule has 0 aliphatic rings. The standard InChI is InChI=1S/C13H12BrNO2S/c1-7-4-3-5-8(11(7)14)10-6-9(15)12(18-10)13(16)17-2/h3-6H,15H2,1-2H3. The van der Waals surface area contributed by atoms with E-state index >= 15 is 0 Å². The van der Waals surface area contributed by atoms with Crippen LogP contribution in [-0.2, 0) is 4.74 Å². The Labute approximate surface area is 118 Å². The molecule has 0 saturated carbocycles. The van der Waals surface area contributed by atoms with E-state index in [1.807, 2.05) is 25.1 Å². The Morgan fingerprint density at radius 3 is 2.83 bits per heavy atom. The third-order valence-corrected chi connectivity index (χ3v) is 4.81. The molecule has 5 heteroatoms. The minimum atomic E-state index is -0.396. The molecule has 0 radical (unpaired) electrons. The first-order chi connectivity index (χ1) is 8.54. The van der Waals surface area contributed by atoms with Gasteiger partial charge in [0.15, 0.2) is 0 Å². The zero-order valence-electron chi connectivity index (χ0n) is 9.99. The normalized spacial score (nSPS) is 10.4. The van der Waals surface area contributed by atoms with E-state index in [1.165, 1.54) is 18.4 Å². The number of methoxy groups -OCH3 is 1. The van der Waals surface area contributed by atoms with Crippen molar-refractivity contribution < 1.29 is 9.53 Å². The summed E-state index contributed by atoms with van der Waals surface area (Å²) in [5, 5.41) is 0. The fourth-order valence-corrected chi connectivity index (χ4v) is 3.27. The molecule has 0 saturated heterocycles. The largest absolute Gasteiger partial charge is 0.465 e. The Balaban J connectivity index is 2.53. The lowest BCUT2D eigenvalue weighted by atomic mass is 10.1. The lowest BCUT2D eigenvalue weighted by molar-refractivity contribution is 0.0607. The summed E-state index contributed by atoms with van der Waals surface area (Å²) in [7, 11) is 1.35. The molecule has 0 aliphatic carbocycles. The number of benzene rings is 1. The van der Waals surface area contributed by atoms with Crippen LogP contribution in [0, 0.1) is 6.92 Å². The monoisotopic (exact) mass is 325 g/mol. The quantitative estimate of drug-likeness (QED) is 0.853. The van der Waals surface area contributed by atoms with E-state index in [2.05, 4.69) is 15.9 Å². The first-order valence-electron chi connectivity index (χ1n) is 5.27. The predicted octanol–water partition coefficient (Wildman–Crippen LogP) is 3.85. The van der Waals surface area contributed by atoms with Crippen LogP contribution in [0.5, 0.6) is 0 Å². The van der Waals surface area contributed by atoms with Gasteiger partial charge in [0.1, 0.15) is 4.88 Å². The second-order valence-electron chi connectivity index (χ2n) is 3.82. The number of hydrogen-bond donors (Lipinski definition) is 1. The number of esters is 1.